The van der Waals surface area contributed by atoms with Gasteiger partial charge in [-0.2, -0.15) is 0 Å². The Morgan fingerprint density at radius 1 is 0.762 bits per heavy atom. The van der Waals surface area contributed by atoms with Gasteiger partial charge in [0.15, 0.2) is 0 Å². The van der Waals surface area contributed by atoms with E-state index in [2.05, 4.69) is 93.4 Å². The zero-order valence-electron chi connectivity index (χ0n) is 36.9. The molecule has 0 saturated heterocycles. The normalized spacial score (nSPS) is 17.8. The molecule has 2 saturated carbocycles. The number of ether oxygens (including phenoxy) is 2. The second-order valence-corrected chi connectivity index (χ2v) is 18.0. The molecule has 8 rings (SSSR count). The van der Waals surface area contributed by atoms with Gasteiger partial charge in [-0.25, -0.2) is 19.6 Å². The van der Waals surface area contributed by atoms with Crippen LogP contribution in [0.4, 0.5) is 9.59 Å². The van der Waals surface area contributed by atoms with Crippen LogP contribution in [-0.2, 0) is 25.6 Å². The number of hydrogen-bond acceptors (Lipinski definition) is 8. The molecule has 4 amide bonds. The summed E-state index contributed by atoms with van der Waals surface area (Å²) in [5.74, 6) is 0.834. The fourth-order valence-corrected chi connectivity index (χ4v) is 9.01. The van der Waals surface area contributed by atoms with Crippen molar-refractivity contribution in [2.75, 3.05) is 20.8 Å². The Balaban J connectivity index is 0.957. The fraction of sp³-hybridized carbons (Fsp3) is 0.429. The van der Waals surface area contributed by atoms with Gasteiger partial charge in [0.25, 0.3) is 0 Å². The molecule has 0 bridgehead atoms. The minimum absolute atomic E-state index is 0.00815. The fourth-order valence-electron chi connectivity index (χ4n) is 9.01. The lowest BCUT2D eigenvalue weighted by molar-refractivity contribution is -0.138. The monoisotopic (exact) mass is 854 g/mol. The first-order valence-corrected chi connectivity index (χ1v) is 22.1. The second-order valence-electron chi connectivity index (χ2n) is 18.0. The Morgan fingerprint density at radius 2 is 1.33 bits per heavy atom. The number of hydrogen-bond donors (Lipinski definition) is 4. The van der Waals surface area contributed by atoms with Gasteiger partial charge in [0.1, 0.15) is 29.8 Å². The summed E-state index contributed by atoms with van der Waals surface area (Å²) in [6, 6.07) is 19.4. The largest absolute Gasteiger partial charge is 0.453 e. The lowest BCUT2D eigenvalue weighted by Gasteiger charge is -2.38. The molecule has 2 fully saturated rings. The van der Waals surface area contributed by atoms with E-state index in [1.807, 2.05) is 49.9 Å². The van der Waals surface area contributed by atoms with Crippen LogP contribution in [0.15, 0.2) is 85.2 Å². The zero-order valence-corrected chi connectivity index (χ0v) is 36.9. The highest BCUT2D eigenvalue weighted by Gasteiger charge is 2.48. The Bertz CT molecular complexity index is 2500. The Labute approximate surface area is 368 Å². The Hall–Kier alpha value is -6.44. The van der Waals surface area contributed by atoms with Crippen LogP contribution >= 0.6 is 0 Å². The number of amides is 4. The SMILES string of the molecule is COC(=O)N[C@H](C(=O)N(Cc1ncc(-c2ccc3cc(-c4ccc(-c5cnc([C@@H]6C=CC7(CC7)CN6C(=O)[C@@H](NC(=O)OC)C(C)C)[nH]5)cc4)ccc3c2)[nH]1)C1CCCC1)C(C)C. The number of aromatic nitrogens is 4. The maximum absolute atomic E-state index is 14.0. The molecule has 14 heteroatoms. The summed E-state index contributed by atoms with van der Waals surface area (Å²) < 4.78 is 9.65. The third kappa shape index (κ3) is 9.35. The molecule has 0 radical (unpaired) electrons. The number of fused-ring (bicyclic) bond motifs is 1. The molecule has 3 aromatic carbocycles. The summed E-state index contributed by atoms with van der Waals surface area (Å²) in [6.07, 6.45) is 12.7. The van der Waals surface area contributed by atoms with Crippen LogP contribution in [0.5, 0.6) is 0 Å². The van der Waals surface area contributed by atoms with Gasteiger partial charge in [0.05, 0.1) is 44.5 Å². The van der Waals surface area contributed by atoms with Gasteiger partial charge in [0, 0.05) is 23.6 Å². The van der Waals surface area contributed by atoms with Gasteiger partial charge in [-0.05, 0) is 77.1 Å². The van der Waals surface area contributed by atoms with Crippen LogP contribution in [0, 0.1) is 17.3 Å². The van der Waals surface area contributed by atoms with Crippen LogP contribution in [-0.4, -0.2) is 92.6 Å². The van der Waals surface area contributed by atoms with Crippen LogP contribution in [0.25, 0.3) is 44.4 Å². The maximum Gasteiger partial charge on any atom is 0.407 e. The molecule has 14 nitrogen and oxygen atoms in total. The van der Waals surface area contributed by atoms with Crippen molar-refractivity contribution >= 4 is 34.8 Å². The molecule has 4 N–H and O–H groups in total. The number of nitrogens with one attached hydrogen (secondary N) is 4. The molecule has 0 unspecified atom stereocenters. The minimum atomic E-state index is -0.725. The van der Waals surface area contributed by atoms with E-state index in [0.29, 0.717) is 24.7 Å². The average molecular weight is 855 g/mol. The molecule has 1 aliphatic heterocycles. The number of alkyl carbamates (subject to hydrolysis) is 2. The molecule has 63 heavy (non-hydrogen) atoms. The van der Waals surface area contributed by atoms with Crippen LogP contribution in [0.2, 0.25) is 0 Å². The molecule has 2 aliphatic carbocycles. The number of imidazole rings is 2. The van der Waals surface area contributed by atoms with E-state index < -0.39 is 30.3 Å². The smallest absolute Gasteiger partial charge is 0.407 e. The number of rotatable bonds is 13. The van der Waals surface area contributed by atoms with Crippen molar-refractivity contribution < 1.29 is 28.7 Å². The molecule has 2 aromatic heterocycles. The third-order valence-electron chi connectivity index (χ3n) is 13.0. The van der Waals surface area contributed by atoms with Gasteiger partial charge in [-0.1, -0.05) is 101 Å². The summed E-state index contributed by atoms with van der Waals surface area (Å²) in [5.41, 5.74) is 5.82. The van der Waals surface area contributed by atoms with Crippen molar-refractivity contribution in [2.24, 2.45) is 17.3 Å². The molecule has 5 aromatic rings. The lowest BCUT2D eigenvalue weighted by Crippen LogP contribution is -2.53. The summed E-state index contributed by atoms with van der Waals surface area (Å²) in [5, 5.41) is 7.68. The van der Waals surface area contributed by atoms with Crippen molar-refractivity contribution in [2.45, 2.75) is 96.9 Å². The first-order chi connectivity index (χ1) is 30.3. The summed E-state index contributed by atoms with van der Waals surface area (Å²) in [7, 11) is 2.60. The number of methoxy groups -OCH3 is 2. The van der Waals surface area contributed by atoms with E-state index in [1.54, 1.807) is 0 Å². The van der Waals surface area contributed by atoms with Crippen molar-refractivity contribution in [3.8, 4) is 33.6 Å². The molecular formula is C49H58N8O6. The number of benzene rings is 3. The maximum atomic E-state index is 14.0. The van der Waals surface area contributed by atoms with Gasteiger partial charge in [-0.15, -0.1) is 0 Å². The zero-order chi connectivity index (χ0) is 44.4. The molecular weight excluding hydrogens is 797 g/mol. The third-order valence-corrected chi connectivity index (χ3v) is 13.0. The van der Waals surface area contributed by atoms with E-state index in [4.69, 9.17) is 19.4 Å². The quantitative estimate of drug-likeness (QED) is 0.0853. The van der Waals surface area contributed by atoms with Gasteiger partial charge >= 0.3 is 12.2 Å². The second kappa shape index (κ2) is 18.1. The predicted molar refractivity (Wildman–Crippen MR) is 241 cm³/mol. The molecule has 3 aliphatic rings. The Morgan fingerprint density at radius 3 is 1.97 bits per heavy atom. The van der Waals surface area contributed by atoms with Crippen LogP contribution in [0.3, 0.4) is 0 Å². The summed E-state index contributed by atoms with van der Waals surface area (Å²) in [4.78, 5) is 72.3. The van der Waals surface area contributed by atoms with E-state index >= 15 is 0 Å². The van der Waals surface area contributed by atoms with Crippen molar-refractivity contribution in [3.63, 3.8) is 0 Å². The highest BCUT2D eigenvalue weighted by Crippen LogP contribution is 2.51. The van der Waals surface area contributed by atoms with E-state index in [-0.39, 0.29) is 35.1 Å². The van der Waals surface area contributed by atoms with E-state index in [1.165, 1.54) is 14.2 Å². The van der Waals surface area contributed by atoms with Gasteiger partial charge in [-0.3, -0.25) is 9.59 Å². The summed E-state index contributed by atoms with van der Waals surface area (Å²) in [6.45, 7) is 8.56. The van der Waals surface area contributed by atoms with Crippen molar-refractivity contribution in [1.29, 1.82) is 0 Å². The van der Waals surface area contributed by atoms with Crippen molar-refractivity contribution in [3.05, 3.63) is 96.9 Å². The minimum Gasteiger partial charge on any atom is -0.453 e. The average Bonchev–Trinajstić information content (AvgIpc) is 3.75. The molecule has 3 heterocycles. The first kappa shape index (κ1) is 43.2. The van der Waals surface area contributed by atoms with E-state index in [9.17, 15) is 19.2 Å². The van der Waals surface area contributed by atoms with E-state index in [0.717, 1.165) is 82.9 Å². The molecule has 330 valence electrons. The first-order valence-electron chi connectivity index (χ1n) is 22.1. The molecule has 1 spiro atoms. The van der Waals surface area contributed by atoms with Gasteiger partial charge < -0.3 is 39.9 Å². The summed E-state index contributed by atoms with van der Waals surface area (Å²) >= 11 is 0. The number of nitrogens with zero attached hydrogens (tertiary/aromatic N) is 4. The number of H-pyrrole nitrogens is 2. The number of carbonyl (C=O) groups excluding carboxylic acids is 4. The highest BCUT2D eigenvalue weighted by molar-refractivity contribution is 5.91. The van der Waals surface area contributed by atoms with Gasteiger partial charge in [0.2, 0.25) is 11.8 Å². The van der Waals surface area contributed by atoms with Crippen LogP contribution < -0.4 is 10.6 Å². The number of aromatic amines is 2. The lowest BCUT2D eigenvalue weighted by atomic mass is 9.94. The molecule has 3 atom stereocenters. The topological polar surface area (TPSA) is 175 Å². The number of carbonyl (C=O) groups is 4. The predicted octanol–water partition coefficient (Wildman–Crippen LogP) is 8.54. The standard InChI is InChI=1S/C49H58N8O6/c1-29(2)42(54-47(60)62-5)45(58)56(37-9-7-8-10-37)27-41-50-25-39(52-41)36-18-17-34-23-33(15-16-35(34)24-36)31-11-13-32(14-12-31)38-26-51-44(53-38)40-19-20-49(21-22-49)28-57(40)46(59)43(30(3)4)55-48(61)63-6/h11-20,23-26,29-30,37,40,42-43H,7-10,21-22,27-28H2,1-6H3,(H,50,52)(H,51,53)(H,54,60)(H,55,61)/t40-,42-,43-/m0/s1. The highest BCUT2D eigenvalue weighted by atomic mass is 16.5. The van der Waals surface area contributed by atoms with Crippen LogP contribution in [0.1, 0.15) is 83.9 Å². The Kier molecular flexibility index (Phi) is 12.4. The van der Waals surface area contributed by atoms with Crippen molar-refractivity contribution in [1.82, 2.24) is 40.4 Å².